The Morgan fingerprint density at radius 2 is 1.83 bits per heavy atom. The first-order chi connectivity index (χ1) is 11.1. The molecule has 1 aromatic rings. The molecule has 24 heavy (non-hydrogen) atoms. The van der Waals surface area contributed by atoms with Crippen molar-refractivity contribution in [3.63, 3.8) is 0 Å². The zero-order chi connectivity index (χ0) is 18.0. The molecule has 6 heteroatoms. The molecule has 1 fully saturated rings. The maximum Gasteiger partial charge on any atom is 0.491 e. The van der Waals surface area contributed by atoms with Gasteiger partial charge in [0.2, 0.25) is 5.91 Å². The molecule has 2 rings (SSSR count). The molecule has 1 saturated heterocycles. The van der Waals surface area contributed by atoms with Crippen molar-refractivity contribution in [2.45, 2.75) is 45.8 Å². The first-order valence-electron chi connectivity index (χ1n) is 8.23. The maximum atomic E-state index is 11.2. The largest absolute Gasteiger partial charge is 0.491 e. The van der Waals surface area contributed by atoms with Crippen molar-refractivity contribution < 1.29 is 14.1 Å². The van der Waals surface area contributed by atoms with Gasteiger partial charge < -0.3 is 19.9 Å². The van der Waals surface area contributed by atoms with E-state index >= 15 is 0 Å². The first kappa shape index (κ1) is 18.7. The fourth-order valence-corrected chi connectivity index (χ4v) is 2.52. The van der Waals surface area contributed by atoms with Crippen molar-refractivity contribution in [3.8, 4) is 0 Å². The van der Waals surface area contributed by atoms with Gasteiger partial charge in [-0.3, -0.25) is 4.79 Å². The Morgan fingerprint density at radius 3 is 2.38 bits per heavy atom. The highest BCUT2D eigenvalue weighted by Gasteiger charge is 2.52. The average molecular weight is 330 g/mol. The second-order valence-corrected chi connectivity index (χ2v) is 7.14. The molecule has 1 aromatic carbocycles. The lowest BCUT2D eigenvalue weighted by molar-refractivity contribution is -0.114. The van der Waals surface area contributed by atoms with Crippen LogP contribution >= 0.6 is 0 Å². The van der Waals surface area contributed by atoms with Crippen LogP contribution in [0.5, 0.6) is 0 Å². The maximum absolute atomic E-state index is 11.2. The lowest BCUT2D eigenvalue weighted by Crippen LogP contribution is -2.41. The van der Waals surface area contributed by atoms with Crippen molar-refractivity contribution in [2.75, 3.05) is 18.9 Å². The lowest BCUT2D eigenvalue weighted by atomic mass is 9.77. The third-order valence-electron chi connectivity index (χ3n) is 4.50. The Hall–Kier alpha value is -1.63. The molecule has 0 bridgehead atoms. The summed E-state index contributed by atoms with van der Waals surface area (Å²) < 4.78 is 12.3. The van der Waals surface area contributed by atoms with E-state index in [0.29, 0.717) is 6.54 Å². The summed E-state index contributed by atoms with van der Waals surface area (Å²) in [7, 11) is 1.50. The molecule has 0 spiro atoms. The van der Waals surface area contributed by atoms with Gasteiger partial charge in [0, 0.05) is 19.2 Å². The molecular formula is C18H27BN2O3. The number of rotatable bonds is 5. The summed E-state index contributed by atoms with van der Waals surface area (Å²) in [6.45, 7) is 10.3. The summed E-state index contributed by atoms with van der Waals surface area (Å²) in [5, 5.41) is 5.97. The van der Waals surface area contributed by atoms with Crippen LogP contribution in [0.15, 0.2) is 29.7 Å². The topological polar surface area (TPSA) is 59.6 Å². The van der Waals surface area contributed by atoms with Crippen LogP contribution in [0.3, 0.4) is 0 Å². The Morgan fingerprint density at radius 1 is 1.21 bits per heavy atom. The predicted octanol–water partition coefficient (Wildman–Crippen LogP) is 2.88. The van der Waals surface area contributed by atoms with Gasteiger partial charge in [-0.25, -0.2) is 0 Å². The van der Waals surface area contributed by atoms with E-state index in [-0.39, 0.29) is 17.1 Å². The van der Waals surface area contributed by atoms with Gasteiger partial charge in [-0.05, 0) is 57.9 Å². The third-order valence-corrected chi connectivity index (χ3v) is 4.50. The van der Waals surface area contributed by atoms with Crippen LogP contribution in [0.1, 0.15) is 40.2 Å². The molecule has 1 heterocycles. The normalized spacial score (nSPS) is 19.4. The fraction of sp³-hybridized carbons (Fsp3) is 0.500. The molecular weight excluding hydrogens is 303 g/mol. The first-order valence-corrected chi connectivity index (χ1v) is 8.23. The van der Waals surface area contributed by atoms with E-state index in [4.69, 9.17) is 9.31 Å². The third kappa shape index (κ3) is 4.26. The summed E-state index contributed by atoms with van der Waals surface area (Å²) in [5.41, 5.74) is 2.02. The van der Waals surface area contributed by atoms with E-state index < -0.39 is 7.12 Å². The minimum absolute atomic E-state index is 0.0856. The quantitative estimate of drug-likeness (QED) is 0.815. The predicted molar refractivity (Wildman–Crippen MR) is 98.7 cm³/mol. The van der Waals surface area contributed by atoms with Gasteiger partial charge in [-0.1, -0.05) is 18.2 Å². The van der Waals surface area contributed by atoms with Gasteiger partial charge in [0.15, 0.2) is 0 Å². The van der Waals surface area contributed by atoms with Crippen molar-refractivity contribution in [1.82, 2.24) is 5.32 Å². The van der Waals surface area contributed by atoms with Gasteiger partial charge in [0.1, 0.15) is 0 Å². The van der Waals surface area contributed by atoms with Gasteiger partial charge in [-0.15, -0.1) is 0 Å². The van der Waals surface area contributed by atoms with Gasteiger partial charge in [-0.2, -0.15) is 0 Å². The number of carbonyl (C=O) groups is 1. The second-order valence-electron chi connectivity index (χ2n) is 7.14. The molecule has 0 unspecified atom stereocenters. The number of carbonyl (C=O) groups excluding carboxylic acids is 1. The highest BCUT2D eigenvalue weighted by Crippen LogP contribution is 2.38. The zero-order valence-electron chi connectivity index (χ0n) is 15.4. The molecule has 0 aliphatic carbocycles. The van der Waals surface area contributed by atoms with E-state index in [0.717, 1.165) is 16.7 Å². The highest BCUT2D eigenvalue weighted by atomic mass is 16.7. The molecule has 1 amide bonds. The lowest BCUT2D eigenvalue weighted by Gasteiger charge is -2.32. The average Bonchev–Trinajstić information content (AvgIpc) is 2.66. The van der Waals surface area contributed by atoms with E-state index in [9.17, 15) is 4.79 Å². The van der Waals surface area contributed by atoms with Gasteiger partial charge in [0.05, 0.1) is 11.2 Å². The molecule has 1 aliphatic rings. The Labute approximate surface area is 144 Å². The van der Waals surface area contributed by atoms with Crippen LogP contribution in [-0.4, -0.2) is 37.8 Å². The van der Waals surface area contributed by atoms with Crippen molar-refractivity contribution in [1.29, 1.82) is 0 Å². The Balaban J connectivity index is 2.28. The summed E-state index contributed by atoms with van der Waals surface area (Å²) >= 11 is 0. The molecule has 0 saturated carbocycles. The summed E-state index contributed by atoms with van der Waals surface area (Å²) in [4.78, 5) is 11.2. The van der Waals surface area contributed by atoms with Crippen LogP contribution in [0.4, 0.5) is 5.69 Å². The number of hydrogen-bond donors (Lipinski definition) is 2. The molecule has 5 nitrogen and oxygen atoms in total. The van der Waals surface area contributed by atoms with E-state index in [1.807, 2.05) is 65.1 Å². The summed E-state index contributed by atoms with van der Waals surface area (Å²) in [5.74, 6) is -0.0856. The minimum atomic E-state index is -0.396. The zero-order valence-corrected chi connectivity index (χ0v) is 15.4. The van der Waals surface area contributed by atoms with Crippen molar-refractivity contribution >= 4 is 24.8 Å². The minimum Gasteiger partial charge on any atom is -0.400 e. The highest BCUT2D eigenvalue weighted by molar-refractivity contribution is 6.55. The SMILES string of the molecule is CNCC(=Cc1cccc(NC(C)=O)c1)B1OC(C)(C)C(C)(C)O1. The van der Waals surface area contributed by atoms with Crippen LogP contribution in [0.25, 0.3) is 6.08 Å². The number of benzene rings is 1. The van der Waals surface area contributed by atoms with Gasteiger partial charge >= 0.3 is 7.12 Å². The smallest absolute Gasteiger partial charge is 0.400 e. The molecule has 0 atom stereocenters. The van der Waals surface area contributed by atoms with Crippen LogP contribution in [0, 0.1) is 0 Å². The number of anilines is 1. The number of nitrogens with one attached hydrogen (secondary N) is 2. The molecule has 2 N–H and O–H groups in total. The Kier molecular flexibility index (Phi) is 5.53. The van der Waals surface area contributed by atoms with E-state index in [2.05, 4.69) is 10.6 Å². The standard InChI is InChI=1S/C18H27BN2O3/c1-13(22)21-16-9-7-8-14(11-16)10-15(12-20-6)19-23-17(2,3)18(4,5)24-19/h7-11,20H,12H2,1-6H3,(H,21,22). The second kappa shape index (κ2) is 7.09. The van der Waals surface area contributed by atoms with E-state index in [1.54, 1.807) is 0 Å². The monoisotopic (exact) mass is 330 g/mol. The number of hydrogen-bond acceptors (Lipinski definition) is 4. The fourth-order valence-electron chi connectivity index (χ4n) is 2.52. The molecule has 1 aliphatic heterocycles. The molecule has 0 aromatic heterocycles. The van der Waals surface area contributed by atoms with Crippen LogP contribution < -0.4 is 10.6 Å². The van der Waals surface area contributed by atoms with Gasteiger partial charge in [0.25, 0.3) is 0 Å². The van der Waals surface area contributed by atoms with E-state index in [1.165, 1.54) is 6.92 Å². The Bertz CT molecular complexity index is 625. The molecule has 130 valence electrons. The summed E-state index contributed by atoms with van der Waals surface area (Å²) in [6.07, 6.45) is 2.05. The van der Waals surface area contributed by atoms with Crippen LogP contribution in [0.2, 0.25) is 0 Å². The van der Waals surface area contributed by atoms with Crippen molar-refractivity contribution in [2.24, 2.45) is 0 Å². The summed E-state index contributed by atoms with van der Waals surface area (Å²) in [6, 6.07) is 7.71. The van der Waals surface area contributed by atoms with Crippen LogP contribution in [-0.2, 0) is 14.1 Å². The number of amides is 1. The number of likely N-dealkylation sites (N-methyl/N-ethyl adjacent to an activating group) is 1. The van der Waals surface area contributed by atoms with Crippen molar-refractivity contribution in [3.05, 3.63) is 35.3 Å². The molecule has 0 radical (unpaired) electrons.